The normalized spacial score (nSPS) is 19.2. The van der Waals surface area contributed by atoms with Crippen LogP contribution in [0.3, 0.4) is 0 Å². The topological polar surface area (TPSA) is 51.6 Å². The average Bonchev–Trinajstić information content (AvgIpc) is 1.52. The van der Waals surface area contributed by atoms with Gasteiger partial charge < -0.3 is 0 Å². The van der Waals surface area contributed by atoms with E-state index in [4.69, 9.17) is 19.9 Å². The number of hydrogen-bond donors (Lipinski definition) is 0. The van der Waals surface area contributed by atoms with Crippen molar-refractivity contribution in [2.24, 2.45) is 5.92 Å². The molecule has 406 valence electrons. The smallest absolute Gasteiger partial charge is 0.0930 e. The summed E-state index contributed by atoms with van der Waals surface area (Å²) in [7, 11) is 0. The Kier molecular flexibility index (Phi) is 9.09. The van der Waals surface area contributed by atoms with Crippen LogP contribution in [0.4, 0.5) is 0 Å². The number of nitrogens with zero attached hydrogens (tertiary/aromatic N) is 4. The van der Waals surface area contributed by atoms with Crippen LogP contribution in [0.5, 0.6) is 0 Å². The van der Waals surface area contributed by atoms with Gasteiger partial charge in [0, 0.05) is 52.7 Å². The first-order valence-corrected chi connectivity index (χ1v) is 30.7. The first-order chi connectivity index (χ1) is 42.6. The van der Waals surface area contributed by atoms with E-state index < -0.39 is 5.41 Å². The molecule has 4 heteroatoms. The summed E-state index contributed by atoms with van der Waals surface area (Å²) in [6.45, 7) is 9.26. The van der Waals surface area contributed by atoms with E-state index in [1.807, 2.05) is 12.4 Å². The van der Waals surface area contributed by atoms with E-state index in [1.54, 1.807) is 0 Å². The number of rotatable bonds is 4. The van der Waals surface area contributed by atoms with E-state index in [9.17, 15) is 0 Å². The van der Waals surface area contributed by atoms with Crippen LogP contribution in [0.25, 0.3) is 116 Å². The molecule has 8 aromatic carbocycles. The highest BCUT2D eigenvalue weighted by Crippen LogP contribution is 2.65. The molecule has 8 aliphatic carbocycles. The number of pyridine rings is 4. The number of aromatic nitrogens is 4. The van der Waals surface area contributed by atoms with Crippen LogP contribution < -0.4 is 0 Å². The van der Waals surface area contributed by atoms with E-state index in [2.05, 4.69) is 252 Å². The van der Waals surface area contributed by atoms with E-state index in [-0.39, 0.29) is 16.7 Å². The summed E-state index contributed by atoms with van der Waals surface area (Å²) in [4.78, 5) is 20.4. The van der Waals surface area contributed by atoms with Gasteiger partial charge in [-0.3, -0.25) is 19.9 Å². The molecule has 87 heavy (non-hydrogen) atoms. The van der Waals surface area contributed by atoms with E-state index >= 15 is 0 Å². The molecule has 4 nitrogen and oxygen atoms in total. The van der Waals surface area contributed by atoms with Gasteiger partial charge in [-0.2, -0.15) is 0 Å². The maximum absolute atomic E-state index is 5.29. The van der Waals surface area contributed by atoms with Crippen molar-refractivity contribution in [3.63, 3.8) is 0 Å². The van der Waals surface area contributed by atoms with Gasteiger partial charge in [0.15, 0.2) is 0 Å². The van der Waals surface area contributed by atoms with Crippen molar-refractivity contribution in [1.82, 2.24) is 19.9 Å². The van der Waals surface area contributed by atoms with Crippen LogP contribution in [0, 0.1) is 5.92 Å². The van der Waals surface area contributed by atoms with E-state index in [1.165, 1.54) is 149 Å². The summed E-state index contributed by atoms with van der Waals surface area (Å²) < 4.78 is 0. The lowest BCUT2D eigenvalue weighted by Gasteiger charge is -2.37. The Bertz CT molecular complexity index is 5350. The van der Waals surface area contributed by atoms with Gasteiger partial charge in [-0.1, -0.05) is 192 Å². The molecule has 2 atom stereocenters. The standard InChI is InChI=1S/C83H54N4/c1-81(2)65-13-7-35-84-77(65)79-71(81)41-55(43-86-79)51-23-29-59-61-31-25-53(57-27-19-49-17-15-45-9-5-11-47-21-33-63(57)75(49)73(45)47)39-69(61)83(67(59)37-51)68-38-52(56-42-72-80(87-44-56)78-66(82(72,3)4)14-8-36-85-78)24-30-60(68)62-32-26-54(40-70(62)83)58-28-20-50-18-16-46-10-6-12-48-22-34-64(58)76(50)74(46)48/h5-9,11-44,76H,10H2,1-4H3. The minimum Gasteiger partial charge on any atom is -0.254 e. The van der Waals surface area contributed by atoms with Gasteiger partial charge in [0.05, 0.1) is 28.2 Å². The number of allylic oxidation sites excluding steroid dienone is 14. The lowest BCUT2D eigenvalue weighted by molar-refractivity contribution is 0.658. The summed E-state index contributed by atoms with van der Waals surface area (Å²) in [5.74, 6) is 0.198. The van der Waals surface area contributed by atoms with E-state index in [0.29, 0.717) is 0 Å². The third-order valence-corrected chi connectivity index (χ3v) is 21.5. The second-order valence-corrected chi connectivity index (χ2v) is 26.4. The molecule has 12 aromatic rings. The molecule has 0 N–H and O–H groups in total. The highest BCUT2D eigenvalue weighted by Gasteiger charge is 2.53. The fraction of sp³-hybridized carbons (Fsp3) is 0.108. The SMILES string of the molecule is CC1(C)c2cccnc2-c2ncc(-c3ccc4c(c3)C3(c5cc(C6=C7C=CC8=C9C(=CC=C(C=C6)C79)CC=C8)ccc5-4)c4cc(-c5cnc6c(c5)C(C)(C)c5cccnc5-6)ccc4-c4ccc(-c5ccc6ccc7cccc8ccc5c6c78)cc43)cc21. The molecule has 4 aromatic heterocycles. The Hall–Kier alpha value is -10.4. The quantitative estimate of drug-likeness (QED) is 0.165. The van der Waals surface area contributed by atoms with Crippen LogP contribution in [0.15, 0.2) is 265 Å². The number of hydrogen-bond acceptors (Lipinski definition) is 4. The first-order valence-electron chi connectivity index (χ1n) is 30.7. The van der Waals surface area contributed by atoms with Crippen LogP contribution >= 0.6 is 0 Å². The van der Waals surface area contributed by atoms with Crippen LogP contribution in [-0.2, 0) is 16.2 Å². The molecule has 0 fully saturated rings. The summed E-state index contributed by atoms with van der Waals surface area (Å²) >= 11 is 0. The predicted octanol–water partition coefficient (Wildman–Crippen LogP) is 19.8. The maximum atomic E-state index is 5.29. The molecule has 0 saturated heterocycles. The number of fused-ring (bicyclic) bond motifs is 16. The van der Waals surface area contributed by atoms with Gasteiger partial charge in [-0.05, 0) is 215 Å². The Morgan fingerprint density at radius 3 is 1.54 bits per heavy atom. The Labute approximate surface area is 504 Å². The highest BCUT2D eigenvalue weighted by molar-refractivity contribution is 6.25. The zero-order chi connectivity index (χ0) is 57.4. The minimum atomic E-state index is -0.758. The molecule has 2 unspecified atom stereocenters. The van der Waals surface area contributed by atoms with E-state index in [0.717, 1.165) is 51.5 Å². The molecule has 0 aliphatic heterocycles. The van der Waals surface area contributed by atoms with Gasteiger partial charge in [-0.15, -0.1) is 0 Å². The third-order valence-electron chi connectivity index (χ3n) is 21.5. The van der Waals surface area contributed by atoms with Crippen molar-refractivity contribution < 1.29 is 0 Å². The maximum Gasteiger partial charge on any atom is 0.0930 e. The molecular weight excluding hydrogens is 1050 g/mol. The molecule has 0 amide bonds. The molecule has 0 bridgehead atoms. The lowest BCUT2D eigenvalue weighted by atomic mass is 9.66. The molecular formula is C83H54N4. The molecule has 8 aliphatic rings. The summed E-state index contributed by atoms with van der Waals surface area (Å²) in [5, 5.41) is 7.73. The highest BCUT2D eigenvalue weighted by atomic mass is 14.8. The Morgan fingerprint density at radius 2 is 0.908 bits per heavy atom. The van der Waals surface area contributed by atoms with Crippen molar-refractivity contribution in [3.05, 3.63) is 315 Å². The fourth-order valence-electron chi connectivity index (χ4n) is 17.3. The van der Waals surface area contributed by atoms with Crippen LogP contribution in [0.2, 0.25) is 0 Å². The van der Waals surface area contributed by atoms with Crippen molar-refractivity contribution in [3.8, 4) is 78.4 Å². The molecule has 4 heterocycles. The van der Waals surface area contributed by atoms with Gasteiger partial charge in [0.1, 0.15) is 0 Å². The summed E-state index contributed by atoms with van der Waals surface area (Å²) in [5.41, 5.74) is 34.0. The van der Waals surface area contributed by atoms with Gasteiger partial charge in [-0.25, -0.2) is 0 Å². The number of benzene rings is 8. The second-order valence-electron chi connectivity index (χ2n) is 26.4. The third kappa shape index (κ3) is 6.07. The van der Waals surface area contributed by atoms with Crippen LogP contribution in [-0.4, -0.2) is 19.9 Å². The monoisotopic (exact) mass is 1110 g/mol. The summed E-state index contributed by atoms with van der Waals surface area (Å²) in [6, 6.07) is 63.5. The van der Waals surface area contributed by atoms with Crippen molar-refractivity contribution >= 4 is 37.9 Å². The summed E-state index contributed by atoms with van der Waals surface area (Å²) in [6.07, 6.45) is 27.8. The fourth-order valence-corrected chi connectivity index (χ4v) is 17.3. The van der Waals surface area contributed by atoms with Crippen molar-refractivity contribution in [2.45, 2.75) is 50.4 Å². The predicted molar refractivity (Wildman–Crippen MR) is 355 cm³/mol. The molecule has 0 radical (unpaired) electrons. The first kappa shape index (κ1) is 47.9. The molecule has 0 saturated carbocycles. The zero-order valence-corrected chi connectivity index (χ0v) is 48.6. The van der Waals surface area contributed by atoms with Crippen molar-refractivity contribution in [1.29, 1.82) is 0 Å². The minimum absolute atomic E-state index is 0.198. The van der Waals surface area contributed by atoms with Gasteiger partial charge in [0.2, 0.25) is 0 Å². The zero-order valence-electron chi connectivity index (χ0n) is 48.6. The Morgan fingerprint density at radius 1 is 0.391 bits per heavy atom. The molecule has 1 spiro atoms. The largest absolute Gasteiger partial charge is 0.254 e. The second kappa shape index (κ2) is 16.5. The van der Waals surface area contributed by atoms with Gasteiger partial charge in [0.25, 0.3) is 0 Å². The van der Waals surface area contributed by atoms with Crippen molar-refractivity contribution in [2.75, 3.05) is 0 Å². The lowest BCUT2D eigenvalue weighted by Crippen LogP contribution is -2.26. The van der Waals surface area contributed by atoms with Crippen LogP contribution in [0.1, 0.15) is 84.2 Å². The van der Waals surface area contributed by atoms with Gasteiger partial charge >= 0.3 is 0 Å². The Balaban J connectivity index is 0.859. The average molecular weight is 1110 g/mol. The molecule has 20 rings (SSSR count).